The quantitative estimate of drug-likeness (QED) is 0.324. The molecule has 2 aromatic carbocycles. The standard InChI is InChI=1S/C22H16Cl2F7NO/c23-16-8-13(9-17(24)20(16)25)15(22(29,30)31)5-2-11-1-4-14-12(7-11)3-6-18(14)32-19(33)10-21(26,27)28/h1-2,4-5,7-9,15,18H,3,6,10H2,(H,32,33). The van der Waals surface area contributed by atoms with Crippen LogP contribution in [0, 0.1) is 5.82 Å². The largest absolute Gasteiger partial charge is 0.399 e. The van der Waals surface area contributed by atoms with Crippen molar-refractivity contribution >= 4 is 35.2 Å². The zero-order valence-electron chi connectivity index (χ0n) is 16.6. The molecule has 178 valence electrons. The molecule has 0 saturated heterocycles. The second kappa shape index (κ2) is 9.54. The number of amides is 1. The van der Waals surface area contributed by atoms with Gasteiger partial charge in [0, 0.05) is 0 Å². The smallest absolute Gasteiger partial charge is 0.349 e. The predicted octanol–water partition coefficient (Wildman–Crippen LogP) is 7.55. The van der Waals surface area contributed by atoms with Crippen LogP contribution in [-0.2, 0) is 11.2 Å². The molecule has 0 saturated carbocycles. The first-order valence-electron chi connectivity index (χ1n) is 9.63. The van der Waals surface area contributed by atoms with E-state index in [4.69, 9.17) is 23.2 Å². The Morgan fingerprint density at radius 3 is 2.30 bits per heavy atom. The summed E-state index contributed by atoms with van der Waals surface area (Å²) in [6, 6.07) is 5.81. The van der Waals surface area contributed by atoms with Gasteiger partial charge in [0.05, 0.1) is 22.0 Å². The van der Waals surface area contributed by atoms with Crippen LogP contribution in [0.3, 0.4) is 0 Å². The number of hydrogen-bond acceptors (Lipinski definition) is 1. The predicted molar refractivity (Wildman–Crippen MR) is 111 cm³/mol. The van der Waals surface area contributed by atoms with Crippen LogP contribution in [-0.4, -0.2) is 18.3 Å². The molecule has 0 spiro atoms. The topological polar surface area (TPSA) is 29.1 Å². The number of benzene rings is 2. The highest BCUT2D eigenvalue weighted by atomic mass is 35.5. The van der Waals surface area contributed by atoms with E-state index in [2.05, 4.69) is 5.32 Å². The Hall–Kier alpha value is -2.26. The second-order valence-corrected chi connectivity index (χ2v) is 8.40. The number of aryl methyl sites for hydroxylation is 1. The SMILES string of the molecule is O=C(CC(F)(F)F)NC1CCc2cc(C=CC(c3cc(Cl)c(F)c(Cl)c3)C(F)(F)F)ccc21. The average molecular weight is 514 g/mol. The highest BCUT2D eigenvalue weighted by Gasteiger charge is 2.39. The maximum Gasteiger partial charge on any atom is 0.399 e. The van der Waals surface area contributed by atoms with E-state index in [9.17, 15) is 35.5 Å². The van der Waals surface area contributed by atoms with Gasteiger partial charge in [-0.15, -0.1) is 0 Å². The van der Waals surface area contributed by atoms with Gasteiger partial charge in [-0.1, -0.05) is 53.6 Å². The summed E-state index contributed by atoms with van der Waals surface area (Å²) >= 11 is 11.3. The number of nitrogens with one attached hydrogen (secondary N) is 1. The molecule has 1 N–H and O–H groups in total. The molecule has 0 bridgehead atoms. The molecule has 0 aliphatic heterocycles. The van der Waals surface area contributed by atoms with E-state index in [0.717, 1.165) is 18.2 Å². The van der Waals surface area contributed by atoms with Gasteiger partial charge in [-0.3, -0.25) is 4.79 Å². The monoisotopic (exact) mass is 513 g/mol. The molecule has 1 aliphatic carbocycles. The molecular formula is C22H16Cl2F7NO. The van der Waals surface area contributed by atoms with Crippen LogP contribution in [0.4, 0.5) is 30.7 Å². The first-order valence-corrected chi connectivity index (χ1v) is 10.4. The van der Waals surface area contributed by atoms with Crippen molar-refractivity contribution in [2.75, 3.05) is 0 Å². The second-order valence-electron chi connectivity index (χ2n) is 7.59. The molecule has 0 aromatic heterocycles. The molecule has 33 heavy (non-hydrogen) atoms. The van der Waals surface area contributed by atoms with Crippen LogP contribution in [0.2, 0.25) is 10.0 Å². The average Bonchev–Trinajstić information content (AvgIpc) is 3.05. The summed E-state index contributed by atoms with van der Waals surface area (Å²) in [5, 5.41) is 1.27. The Morgan fingerprint density at radius 1 is 1.09 bits per heavy atom. The van der Waals surface area contributed by atoms with Crippen LogP contribution < -0.4 is 5.32 Å². The lowest BCUT2D eigenvalue weighted by molar-refractivity contribution is -0.154. The highest BCUT2D eigenvalue weighted by Crippen LogP contribution is 2.40. The summed E-state index contributed by atoms with van der Waals surface area (Å²) in [7, 11) is 0. The minimum Gasteiger partial charge on any atom is -0.349 e. The minimum absolute atomic E-state index is 0.330. The van der Waals surface area contributed by atoms with Crippen molar-refractivity contribution in [3.63, 3.8) is 0 Å². The third-order valence-electron chi connectivity index (χ3n) is 5.14. The number of rotatable bonds is 5. The van der Waals surface area contributed by atoms with Gasteiger partial charge in [-0.25, -0.2) is 4.39 Å². The van der Waals surface area contributed by atoms with Gasteiger partial charge in [0.2, 0.25) is 5.91 Å². The van der Waals surface area contributed by atoms with Crippen molar-refractivity contribution in [2.45, 2.75) is 43.6 Å². The lowest BCUT2D eigenvalue weighted by atomic mass is 9.96. The van der Waals surface area contributed by atoms with E-state index >= 15 is 0 Å². The van der Waals surface area contributed by atoms with Crippen molar-refractivity contribution in [1.82, 2.24) is 5.32 Å². The molecular weight excluding hydrogens is 498 g/mol. The van der Waals surface area contributed by atoms with Crippen molar-refractivity contribution in [2.24, 2.45) is 0 Å². The number of allylic oxidation sites excluding steroid dienone is 1. The third kappa shape index (κ3) is 6.41. The lowest BCUT2D eigenvalue weighted by Crippen LogP contribution is -2.31. The molecule has 1 amide bonds. The lowest BCUT2D eigenvalue weighted by Gasteiger charge is -2.18. The van der Waals surface area contributed by atoms with E-state index in [1.807, 2.05) is 0 Å². The maximum atomic E-state index is 13.6. The minimum atomic E-state index is -4.70. The maximum absolute atomic E-state index is 13.6. The van der Waals surface area contributed by atoms with E-state index in [-0.39, 0.29) is 5.56 Å². The summed E-state index contributed by atoms with van der Waals surface area (Å²) < 4.78 is 91.6. The molecule has 2 aromatic rings. The van der Waals surface area contributed by atoms with Crippen LogP contribution in [0.5, 0.6) is 0 Å². The van der Waals surface area contributed by atoms with Gasteiger partial charge in [-0.05, 0) is 47.2 Å². The zero-order valence-corrected chi connectivity index (χ0v) is 18.1. The van der Waals surface area contributed by atoms with E-state index in [0.29, 0.717) is 29.5 Å². The molecule has 11 heteroatoms. The first kappa shape index (κ1) is 25.4. The van der Waals surface area contributed by atoms with E-state index in [1.54, 1.807) is 12.1 Å². The van der Waals surface area contributed by atoms with E-state index in [1.165, 1.54) is 12.1 Å². The van der Waals surface area contributed by atoms with Crippen LogP contribution in [0.15, 0.2) is 36.4 Å². The van der Waals surface area contributed by atoms with Gasteiger partial charge in [0.1, 0.15) is 6.42 Å². The molecule has 2 nitrogen and oxygen atoms in total. The summed E-state index contributed by atoms with van der Waals surface area (Å²) in [6.45, 7) is 0. The molecule has 3 rings (SSSR count). The van der Waals surface area contributed by atoms with E-state index < -0.39 is 52.5 Å². The number of carbonyl (C=O) groups excluding carboxylic acids is 1. The number of carbonyl (C=O) groups is 1. The van der Waals surface area contributed by atoms with Gasteiger partial charge in [0.25, 0.3) is 0 Å². The summed E-state index contributed by atoms with van der Waals surface area (Å²) in [5.74, 6) is -4.26. The Morgan fingerprint density at radius 2 is 1.73 bits per heavy atom. The number of alkyl halides is 6. The summed E-state index contributed by atoms with van der Waals surface area (Å²) in [5.41, 5.74) is 1.42. The third-order valence-corrected chi connectivity index (χ3v) is 5.69. The van der Waals surface area contributed by atoms with Gasteiger partial charge in [-0.2, -0.15) is 26.3 Å². The summed E-state index contributed by atoms with van der Waals surface area (Å²) in [4.78, 5) is 11.6. The normalized spacial score (nSPS) is 17.3. The van der Waals surface area contributed by atoms with Gasteiger partial charge >= 0.3 is 12.4 Å². The molecule has 2 atom stereocenters. The molecule has 2 unspecified atom stereocenters. The fourth-order valence-corrected chi connectivity index (χ4v) is 4.19. The van der Waals surface area contributed by atoms with Gasteiger partial charge in [0.15, 0.2) is 5.82 Å². The summed E-state index contributed by atoms with van der Waals surface area (Å²) in [6.07, 6.45) is -7.96. The molecule has 0 fully saturated rings. The van der Waals surface area contributed by atoms with Gasteiger partial charge < -0.3 is 5.32 Å². The first-order chi connectivity index (χ1) is 15.2. The number of halogens is 9. The fraction of sp³-hybridized carbons (Fsp3) is 0.318. The van der Waals surface area contributed by atoms with Crippen molar-refractivity contribution in [3.8, 4) is 0 Å². The molecule has 0 heterocycles. The Balaban J connectivity index is 1.80. The Labute approximate surface area is 194 Å². The highest BCUT2D eigenvalue weighted by molar-refractivity contribution is 6.35. The van der Waals surface area contributed by atoms with Crippen molar-refractivity contribution < 1.29 is 35.5 Å². The Kier molecular flexibility index (Phi) is 7.33. The van der Waals surface area contributed by atoms with Crippen molar-refractivity contribution in [1.29, 1.82) is 0 Å². The number of hydrogen-bond donors (Lipinski definition) is 1. The zero-order chi connectivity index (χ0) is 24.6. The van der Waals surface area contributed by atoms with Crippen LogP contribution in [0.25, 0.3) is 6.08 Å². The van der Waals surface area contributed by atoms with Crippen molar-refractivity contribution in [3.05, 3.63) is 74.5 Å². The number of fused-ring (bicyclic) bond motifs is 1. The van der Waals surface area contributed by atoms with Crippen LogP contribution in [0.1, 0.15) is 47.1 Å². The Bertz CT molecular complexity index is 1060. The fourth-order valence-electron chi connectivity index (χ4n) is 3.69. The molecule has 0 radical (unpaired) electrons. The molecule has 1 aliphatic rings. The van der Waals surface area contributed by atoms with Crippen LogP contribution >= 0.6 is 23.2 Å².